The van der Waals surface area contributed by atoms with Crippen LogP contribution in [-0.2, 0) is 19.1 Å². The first kappa shape index (κ1) is 26.5. The van der Waals surface area contributed by atoms with Crippen molar-refractivity contribution in [2.24, 2.45) is 11.8 Å². The van der Waals surface area contributed by atoms with Gasteiger partial charge in [0.1, 0.15) is 5.92 Å². The Bertz CT molecular complexity index is 885. The van der Waals surface area contributed by atoms with Crippen molar-refractivity contribution in [2.45, 2.75) is 51.2 Å². The van der Waals surface area contributed by atoms with Crippen molar-refractivity contribution in [3.05, 3.63) is 24.3 Å². The van der Waals surface area contributed by atoms with Gasteiger partial charge < -0.3 is 19.9 Å². The molecule has 1 aliphatic heterocycles. The summed E-state index contributed by atoms with van der Waals surface area (Å²) in [5, 5.41) is 12.3. The molecule has 0 bridgehead atoms. The maximum atomic E-state index is 12.9. The highest BCUT2D eigenvalue weighted by Crippen LogP contribution is 2.37. The number of nitriles is 1. The summed E-state index contributed by atoms with van der Waals surface area (Å²) < 4.78 is 4.99. The summed E-state index contributed by atoms with van der Waals surface area (Å²) in [4.78, 5) is 40.5. The number of anilines is 2. The zero-order chi connectivity index (χ0) is 24.5. The Hall–Kier alpha value is -2.73. The molecule has 2 rings (SSSR count). The maximum absolute atomic E-state index is 12.9. The van der Waals surface area contributed by atoms with Gasteiger partial charge in [-0.1, -0.05) is 19.9 Å². The Labute approximate surface area is 200 Å². The summed E-state index contributed by atoms with van der Waals surface area (Å²) in [6, 6.07) is 9.65. The smallest absolute Gasteiger partial charge is 0.323 e. The van der Waals surface area contributed by atoms with Crippen LogP contribution in [0.2, 0.25) is 0 Å². The first-order chi connectivity index (χ1) is 15.7. The van der Waals surface area contributed by atoms with Crippen molar-refractivity contribution in [2.75, 3.05) is 37.0 Å². The van der Waals surface area contributed by atoms with Gasteiger partial charge in [0.2, 0.25) is 11.8 Å². The molecule has 1 heterocycles. The van der Waals surface area contributed by atoms with Crippen LogP contribution in [0.4, 0.5) is 11.4 Å². The Balaban J connectivity index is 1.96. The van der Waals surface area contributed by atoms with Gasteiger partial charge in [0.15, 0.2) is 0 Å². The van der Waals surface area contributed by atoms with Crippen LogP contribution >= 0.6 is 11.8 Å². The van der Waals surface area contributed by atoms with Crippen molar-refractivity contribution in [1.82, 2.24) is 4.90 Å². The molecule has 9 heteroatoms. The van der Waals surface area contributed by atoms with Gasteiger partial charge in [-0.2, -0.15) is 5.26 Å². The highest BCUT2D eigenvalue weighted by atomic mass is 32.2. The zero-order valence-electron chi connectivity index (χ0n) is 20.0. The molecular weight excluding hydrogens is 440 g/mol. The summed E-state index contributed by atoms with van der Waals surface area (Å²) in [6.07, 6.45) is 0.875. The van der Waals surface area contributed by atoms with Crippen LogP contribution in [0.1, 0.15) is 40.5 Å². The second kappa shape index (κ2) is 12.5. The number of carbonyl (C=O) groups excluding carboxylic acids is 3. The van der Waals surface area contributed by atoms with Crippen molar-refractivity contribution in [1.29, 1.82) is 5.26 Å². The minimum absolute atomic E-state index is 0.0332. The zero-order valence-corrected chi connectivity index (χ0v) is 20.9. The van der Waals surface area contributed by atoms with Crippen LogP contribution < -0.4 is 10.2 Å². The van der Waals surface area contributed by atoms with Crippen LogP contribution in [0.5, 0.6) is 0 Å². The number of benzene rings is 1. The molecule has 0 aliphatic carbocycles. The highest BCUT2D eigenvalue weighted by molar-refractivity contribution is 8.01. The molecule has 180 valence electrons. The van der Waals surface area contributed by atoms with Crippen molar-refractivity contribution >= 4 is 40.9 Å². The lowest BCUT2D eigenvalue weighted by atomic mass is 10.1. The molecule has 1 N–H and O–H groups in total. The quantitative estimate of drug-likeness (QED) is 0.490. The molecule has 1 aromatic carbocycles. The highest BCUT2D eigenvalue weighted by Gasteiger charge is 2.41. The average molecular weight is 475 g/mol. The molecule has 1 saturated heterocycles. The summed E-state index contributed by atoms with van der Waals surface area (Å²) in [7, 11) is 1.76. The van der Waals surface area contributed by atoms with E-state index in [1.165, 1.54) is 11.8 Å². The molecule has 3 atom stereocenters. The minimum Gasteiger partial charge on any atom is -0.465 e. The number of esters is 1. The van der Waals surface area contributed by atoms with Crippen molar-refractivity contribution in [3.8, 4) is 6.07 Å². The molecule has 2 amide bonds. The SMILES string of the molecule is CCOC(=O)C(C#N)CC1SC(CCNc2cccc(N(C)C(=O)C(C)C)c2)C(=O)N1CC. The minimum atomic E-state index is -0.880. The molecule has 0 radical (unpaired) electrons. The lowest BCUT2D eigenvalue weighted by Gasteiger charge is -2.23. The lowest BCUT2D eigenvalue weighted by molar-refractivity contribution is -0.146. The Kier molecular flexibility index (Phi) is 10.0. The molecule has 3 unspecified atom stereocenters. The maximum Gasteiger partial charge on any atom is 0.323 e. The van der Waals surface area contributed by atoms with Gasteiger partial charge in [0, 0.05) is 43.9 Å². The van der Waals surface area contributed by atoms with E-state index in [9.17, 15) is 19.6 Å². The lowest BCUT2D eigenvalue weighted by Crippen LogP contribution is -2.36. The molecule has 1 fully saturated rings. The van der Waals surface area contributed by atoms with E-state index in [0.29, 0.717) is 19.5 Å². The summed E-state index contributed by atoms with van der Waals surface area (Å²) >= 11 is 1.51. The van der Waals surface area contributed by atoms with Gasteiger partial charge in [0.25, 0.3) is 0 Å². The second-order valence-corrected chi connectivity index (χ2v) is 9.58. The molecule has 33 heavy (non-hydrogen) atoms. The summed E-state index contributed by atoms with van der Waals surface area (Å²) in [6.45, 7) is 8.68. The van der Waals surface area contributed by atoms with Crippen LogP contribution in [0, 0.1) is 23.2 Å². The van der Waals surface area contributed by atoms with E-state index in [4.69, 9.17) is 4.74 Å². The topological polar surface area (TPSA) is 103 Å². The van der Waals surface area contributed by atoms with Crippen LogP contribution in [0.3, 0.4) is 0 Å². The molecule has 1 aromatic rings. The third-order valence-electron chi connectivity index (χ3n) is 5.53. The normalized spacial score (nSPS) is 18.7. The molecule has 8 nitrogen and oxygen atoms in total. The third kappa shape index (κ3) is 6.87. The van der Waals surface area contributed by atoms with Crippen LogP contribution in [-0.4, -0.2) is 60.1 Å². The third-order valence-corrected chi connectivity index (χ3v) is 7.05. The summed E-state index contributed by atoms with van der Waals surface area (Å²) in [5.74, 6) is -1.42. The fourth-order valence-corrected chi connectivity index (χ4v) is 5.30. The van der Waals surface area contributed by atoms with Crippen LogP contribution in [0.25, 0.3) is 0 Å². The van der Waals surface area contributed by atoms with Gasteiger partial charge in [0.05, 0.1) is 23.3 Å². The predicted molar refractivity (Wildman–Crippen MR) is 131 cm³/mol. The first-order valence-electron chi connectivity index (χ1n) is 11.4. The number of nitrogens with zero attached hydrogens (tertiary/aromatic N) is 3. The van der Waals surface area contributed by atoms with Gasteiger partial charge in [-0.05, 0) is 38.5 Å². The Morgan fingerprint density at radius 1 is 1.33 bits per heavy atom. The number of rotatable bonds is 11. The predicted octanol–water partition coefficient (Wildman–Crippen LogP) is 3.49. The van der Waals surface area contributed by atoms with E-state index < -0.39 is 11.9 Å². The van der Waals surface area contributed by atoms with Crippen molar-refractivity contribution < 1.29 is 19.1 Å². The van der Waals surface area contributed by atoms with Gasteiger partial charge in [-0.3, -0.25) is 14.4 Å². The van der Waals surface area contributed by atoms with Crippen molar-refractivity contribution in [3.63, 3.8) is 0 Å². The van der Waals surface area contributed by atoms with E-state index >= 15 is 0 Å². The molecular formula is C24H34N4O4S. The standard InChI is InChI=1S/C24H34N4O4S/c1-6-28-21(13-17(15-25)24(31)32-7-2)33-20(23(28)30)11-12-26-18-9-8-10-19(14-18)27(5)22(29)16(3)4/h8-10,14,16-17,20-21,26H,6-7,11-13H2,1-5H3. The van der Waals surface area contributed by atoms with E-state index in [1.54, 1.807) is 23.8 Å². The molecule has 0 saturated carbocycles. The fourth-order valence-electron chi connectivity index (χ4n) is 3.71. The number of nitrogens with one attached hydrogen (secondary N) is 1. The molecule has 0 spiro atoms. The largest absolute Gasteiger partial charge is 0.465 e. The van der Waals surface area contributed by atoms with E-state index in [0.717, 1.165) is 11.4 Å². The Morgan fingerprint density at radius 2 is 2.06 bits per heavy atom. The number of thioether (sulfide) groups is 1. The van der Waals surface area contributed by atoms with Gasteiger partial charge in [-0.15, -0.1) is 11.8 Å². The second-order valence-electron chi connectivity index (χ2n) is 8.19. The van der Waals surface area contributed by atoms with Gasteiger partial charge >= 0.3 is 5.97 Å². The summed E-state index contributed by atoms with van der Waals surface area (Å²) in [5.41, 5.74) is 1.69. The number of hydrogen-bond acceptors (Lipinski definition) is 7. The van der Waals surface area contributed by atoms with E-state index in [-0.39, 0.29) is 41.4 Å². The average Bonchev–Trinajstić information content (AvgIpc) is 3.10. The number of ether oxygens (including phenoxy) is 1. The first-order valence-corrected chi connectivity index (χ1v) is 12.3. The van der Waals surface area contributed by atoms with E-state index in [2.05, 4.69) is 5.32 Å². The number of amides is 2. The fraction of sp³-hybridized carbons (Fsp3) is 0.583. The van der Waals surface area contributed by atoms with E-state index in [1.807, 2.05) is 51.1 Å². The monoisotopic (exact) mass is 474 g/mol. The van der Waals surface area contributed by atoms with Crippen LogP contribution in [0.15, 0.2) is 24.3 Å². The molecule has 0 aromatic heterocycles. The van der Waals surface area contributed by atoms with Gasteiger partial charge in [-0.25, -0.2) is 0 Å². The Morgan fingerprint density at radius 3 is 2.67 bits per heavy atom. The molecule has 1 aliphatic rings. The number of hydrogen-bond donors (Lipinski definition) is 1. The number of carbonyl (C=O) groups is 3.